The van der Waals surface area contributed by atoms with E-state index < -0.39 is 5.97 Å². The van der Waals surface area contributed by atoms with Crippen molar-refractivity contribution in [3.63, 3.8) is 0 Å². The van der Waals surface area contributed by atoms with E-state index in [1.807, 2.05) is 0 Å². The Hall–Kier alpha value is -1.33. The lowest BCUT2D eigenvalue weighted by molar-refractivity contribution is -0.125. The zero-order valence-electron chi connectivity index (χ0n) is 12.3. The van der Waals surface area contributed by atoms with E-state index in [4.69, 9.17) is 27.9 Å². The van der Waals surface area contributed by atoms with Crippen LogP contribution in [0.1, 0.15) is 43.0 Å². The fourth-order valence-corrected chi connectivity index (χ4v) is 2.80. The molecule has 5 nitrogen and oxygen atoms in total. The van der Waals surface area contributed by atoms with Crippen LogP contribution in [-0.2, 0) is 9.53 Å². The Labute approximate surface area is 139 Å². The molecule has 1 N–H and O–H groups in total. The summed E-state index contributed by atoms with van der Waals surface area (Å²) in [6, 6.07) is 1.52. The zero-order valence-corrected chi connectivity index (χ0v) is 13.8. The van der Waals surface area contributed by atoms with Gasteiger partial charge in [0.15, 0.2) is 6.61 Å². The topological polar surface area (TPSA) is 68.3 Å². The van der Waals surface area contributed by atoms with Crippen molar-refractivity contribution in [3.05, 3.63) is 28.0 Å². The van der Waals surface area contributed by atoms with Crippen LogP contribution in [0.15, 0.2) is 12.3 Å². The summed E-state index contributed by atoms with van der Waals surface area (Å²) in [6.45, 7) is 1.81. The molecule has 0 unspecified atom stereocenters. The summed E-state index contributed by atoms with van der Waals surface area (Å²) in [5.41, 5.74) is 0.160. The van der Waals surface area contributed by atoms with Crippen LogP contribution in [0.5, 0.6) is 0 Å². The highest BCUT2D eigenvalue weighted by molar-refractivity contribution is 6.41. The van der Waals surface area contributed by atoms with E-state index in [0.29, 0.717) is 5.92 Å². The third-order valence-electron chi connectivity index (χ3n) is 3.82. The van der Waals surface area contributed by atoms with Crippen LogP contribution in [0.4, 0.5) is 0 Å². The molecule has 120 valence electrons. The number of amides is 1. The number of carbonyl (C=O) groups excluding carboxylic acids is 2. The van der Waals surface area contributed by atoms with Gasteiger partial charge in [-0.1, -0.05) is 43.0 Å². The fourth-order valence-electron chi connectivity index (χ4n) is 2.53. The van der Waals surface area contributed by atoms with Gasteiger partial charge < -0.3 is 10.1 Å². The first-order valence-corrected chi connectivity index (χ1v) is 8.00. The normalized spacial score (nSPS) is 21.2. The summed E-state index contributed by atoms with van der Waals surface area (Å²) in [5, 5.41) is 3.19. The van der Waals surface area contributed by atoms with Gasteiger partial charge in [-0.2, -0.15) is 0 Å². The average molecular weight is 345 g/mol. The van der Waals surface area contributed by atoms with Gasteiger partial charge in [0.05, 0.1) is 10.6 Å². The first-order chi connectivity index (χ1) is 10.5. The van der Waals surface area contributed by atoms with Gasteiger partial charge in [0.25, 0.3) is 5.91 Å². The number of nitrogens with one attached hydrogen (secondary N) is 1. The van der Waals surface area contributed by atoms with Crippen LogP contribution in [0.25, 0.3) is 0 Å². The predicted molar refractivity (Wildman–Crippen MR) is 84.1 cm³/mol. The van der Waals surface area contributed by atoms with Crippen molar-refractivity contribution in [1.29, 1.82) is 0 Å². The quantitative estimate of drug-likeness (QED) is 0.672. The van der Waals surface area contributed by atoms with E-state index in [9.17, 15) is 9.59 Å². The van der Waals surface area contributed by atoms with Gasteiger partial charge in [0.2, 0.25) is 0 Å². The molecule has 0 aromatic carbocycles. The third-order valence-corrected chi connectivity index (χ3v) is 4.51. The number of ether oxygens (including phenoxy) is 1. The van der Waals surface area contributed by atoms with Crippen LogP contribution in [0.2, 0.25) is 10.2 Å². The fraction of sp³-hybridized carbons (Fsp3) is 0.533. The van der Waals surface area contributed by atoms with Crippen molar-refractivity contribution in [2.45, 2.75) is 38.6 Å². The highest BCUT2D eigenvalue weighted by atomic mass is 35.5. The van der Waals surface area contributed by atoms with Crippen molar-refractivity contribution in [2.24, 2.45) is 5.92 Å². The second kappa shape index (κ2) is 7.79. The molecule has 7 heteroatoms. The van der Waals surface area contributed by atoms with Gasteiger partial charge in [0.1, 0.15) is 5.15 Å². The second-order valence-electron chi connectivity index (χ2n) is 5.51. The molecule has 22 heavy (non-hydrogen) atoms. The van der Waals surface area contributed by atoms with Crippen LogP contribution in [0, 0.1) is 5.92 Å². The minimum Gasteiger partial charge on any atom is -0.452 e. The molecule has 1 amide bonds. The van der Waals surface area contributed by atoms with Crippen molar-refractivity contribution in [3.8, 4) is 0 Å². The predicted octanol–water partition coefficient (Wildman–Crippen LogP) is 3.24. The Balaban J connectivity index is 1.82. The molecule has 1 aromatic heterocycles. The summed E-state index contributed by atoms with van der Waals surface area (Å²) in [7, 11) is 0. The molecule has 1 fully saturated rings. The summed E-state index contributed by atoms with van der Waals surface area (Å²) in [5.74, 6) is -0.495. The summed E-state index contributed by atoms with van der Waals surface area (Å²) >= 11 is 11.5. The highest BCUT2D eigenvalue weighted by Crippen LogP contribution is 2.23. The average Bonchev–Trinajstić information content (AvgIpc) is 2.50. The van der Waals surface area contributed by atoms with E-state index in [-0.39, 0.29) is 34.3 Å². The molecule has 1 aliphatic rings. The van der Waals surface area contributed by atoms with Crippen LogP contribution >= 0.6 is 23.2 Å². The minimum absolute atomic E-state index is 0.113. The van der Waals surface area contributed by atoms with E-state index in [0.717, 1.165) is 19.3 Å². The molecule has 2 atom stereocenters. The van der Waals surface area contributed by atoms with Gasteiger partial charge in [0, 0.05) is 12.2 Å². The van der Waals surface area contributed by atoms with Gasteiger partial charge in [-0.3, -0.25) is 4.79 Å². The standard InChI is InChI=1S/C15H18Cl2N2O3/c1-9-4-2-3-5-12(9)19-13(20)8-22-15(21)10-6-11(16)14(17)18-7-10/h6-7,9,12H,2-5,8H2,1H3,(H,19,20)/t9-,12+/m0/s1. The Morgan fingerprint density at radius 1 is 1.36 bits per heavy atom. The Bertz CT molecular complexity index is 566. The molecule has 1 aliphatic carbocycles. The lowest BCUT2D eigenvalue weighted by Crippen LogP contribution is -2.42. The second-order valence-corrected chi connectivity index (χ2v) is 6.27. The molecular formula is C15H18Cl2N2O3. The van der Waals surface area contributed by atoms with Crippen molar-refractivity contribution >= 4 is 35.1 Å². The number of aromatic nitrogens is 1. The molecule has 1 aromatic rings. The number of halogens is 2. The molecule has 0 aliphatic heterocycles. The maximum absolute atomic E-state index is 11.9. The number of esters is 1. The number of hydrogen-bond acceptors (Lipinski definition) is 4. The lowest BCUT2D eigenvalue weighted by Gasteiger charge is -2.29. The maximum atomic E-state index is 11.9. The molecular weight excluding hydrogens is 327 g/mol. The van der Waals surface area contributed by atoms with Crippen molar-refractivity contribution in [1.82, 2.24) is 10.3 Å². The molecule has 1 heterocycles. The molecule has 2 rings (SSSR count). The zero-order chi connectivity index (χ0) is 16.1. The van der Waals surface area contributed by atoms with Gasteiger partial charge in [-0.05, 0) is 24.8 Å². The monoisotopic (exact) mass is 344 g/mol. The van der Waals surface area contributed by atoms with Gasteiger partial charge in [-0.25, -0.2) is 9.78 Å². The highest BCUT2D eigenvalue weighted by Gasteiger charge is 2.23. The van der Waals surface area contributed by atoms with Crippen molar-refractivity contribution in [2.75, 3.05) is 6.61 Å². The minimum atomic E-state index is -0.655. The number of rotatable bonds is 4. The van der Waals surface area contributed by atoms with Crippen LogP contribution in [0.3, 0.4) is 0 Å². The SMILES string of the molecule is C[C@H]1CCCC[C@H]1NC(=O)COC(=O)c1cnc(Cl)c(Cl)c1. The Morgan fingerprint density at radius 2 is 2.09 bits per heavy atom. The first kappa shape index (κ1) is 17.0. The molecule has 0 spiro atoms. The Morgan fingerprint density at radius 3 is 2.77 bits per heavy atom. The lowest BCUT2D eigenvalue weighted by atomic mass is 9.86. The molecule has 0 saturated heterocycles. The Kier molecular flexibility index (Phi) is 6.03. The summed E-state index contributed by atoms with van der Waals surface area (Å²) in [6.07, 6.45) is 5.66. The van der Waals surface area contributed by atoms with E-state index in [1.165, 1.54) is 18.7 Å². The molecule has 0 radical (unpaired) electrons. The smallest absolute Gasteiger partial charge is 0.340 e. The van der Waals surface area contributed by atoms with Gasteiger partial charge >= 0.3 is 5.97 Å². The van der Waals surface area contributed by atoms with E-state index in [2.05, 4.69) is 17.2 Å². The van der Waals surface area contributed by atoms with E-state index >= 15 is 0 Å². The number of hydrogen-bond donors (Lipinski definition) is 1. The number of carbonyl (C=O) groups is 2. The maximum Gasteiger partial charge on any atom is 0.340 e. The van der Waals surface area contributed by atoms with Crippen molar-refractivity contribution < 1.29 is 14.3 Å². The summed E-state index contributed by atoms with van der Waals surface area (Å²) < 4.78 is 4.97. The molecule has 1 saturated carbocycles. The largest absolute Gasteiger partial charge is 0.452 e. The van der Waals surface area contributed by atoms with Crippen LogP contribution < -0.4 is 5.32 Å². The number of nitrogens with zero attached hydrogens (tertiary/aromatic N) is 1. The summed E-state index contributed by atoms with van der Waals surface area (Å²) in [4.78, 5) is 27.5. The van der Waals surface area contributed by atoms with E-state index in [1.54, 1.807) is 0 Å². The van der Waals surface area contributed by atoms with Gasteiger partial charge in [-0.15, -0.1) is 0 Å². The van der Waals surface area contributed by atoms with Crippen LogP contribution in [-0.4, -0.2) is 29.5 Å². The molecule has 0 bridgehead atoms. The first-order valence-electron chi connectivity index (χ1n) is 7.25. The third kappa shape index (κ3) is 4.58. The number of pyridine rings is 1.